The molecule has 0 heterocycles. The summed E-state index contributed by atoms with van der Waals surface area (Å²) in [5, 5.41) is 4.55. The van der Waals surface area contributed by atoms with Gasteiger partial charge in [0.1, 0.15) is 0 Å². The van der Waals surface area contributed by atoms with Crippen molar-refractivity contribution < 1.29 is 18.4 Å². The van der Waals surface area contributed by atoms with Gasteiger partial charge in [-0.25, -0.2) is 8.78 Å². The molecule has 0 aromatic heterocycles. The van der Waals surface area contributed by atoms with Crippen LogP contribution in [-0.2, 0) is 9.59 Å². The van der Waals surface area contributed by atoms with Crippen molar-refractivity contribution in [1.82, 2.24) is 5.32 Å². The summed E-state index contributed by atoms with van der Waals surface area (Å²) in [5.74, 6) is -4.30. The van der Waals surface area contributed by atoms with E-state index in [2.05, 4.69) is 10.6 Å². The number of nitrogens with one attached hydrogen (secondary N) is 2. The van der Waals surface area contributed by atoms with E-state index in [1.54, 1.807) is 6.92 Å². The van der Waals surface area contributed by atoms with E-state index in [1.165, 1.54) is 12.1 Å². The molecule has 1 unspecified atom stereocenters. The van der Waals surface area contributed by atoms with Crippen LogP contribution in [0.15, 0.2) is 42.5 Å². The van der Waals surface area contributed by atoms with E-state index >= 15 is 0 Å². The van der Waals surface area contributed by atoms with Crippen molar-refractivity contribution in [2.75, 3.05) is 5.32 Å². The average molecular weight is 318 g/mol. The molecule has 0 saturated carbocycles. The second-order valence-corrected chi connectivity index (χ2v) is 5.16. The zero-order valence-corrected chi connectivity index (χ0v) is 12.7. The minimum Gasteiger partial charge on any atom is -0.341 e. The number of halogens is 2. The molecule has 0 spiro atoms. The highest BCUT2D eigenvalue weighted by atomic mass is 19.2. The van der Waals surface area contributed by atoms with Crippen LogP contribution in [0.3, 0.4) is 0 Å². The Labute approximate surface area is 132 Å². The second-order valence-electron chi connectivity index (χ2n) is 5.16. The van der Waals surface area contributed by atoms with Gasteiger partial charge < -0.3 is 10.6 Å². The molecular weight excluding hydrogens is 302 g/mol. The van der Waals surface area contributed by atoms with E-state index < -0.39 is 29.5 Å². The third kappa shape index (κ3) is 4.12. The van der Waals surface area contributed by atoms with Gasteiger partial charge in [0.25, 0.3) is 0 Å². The molecule has 2 amide bonds. The lowest BCUT2D eigenvalue weighted by Gasteiger charge is -2.14. The van der Waals surface area contributed by atoms with Crippen LogP contribution in [0.1, 0.15) is 24.1 Å². The third-order valence-corrected chi connectivity index (χ3v) is 3.33. The first-order valence-electron chi connectivity index (χ1n) is 7.01. The Hall–Kier alpha value is -2.76. The normalized spacial score (nSPS) is 11.7. The van der Waals surface area contributed by atoms with E-state index in [0.29, 0.717) is 0 Å². The molecule has 120 valence electrons. The van der Waals surface area contributed by atoms with E-state index in [-0.39, 0.29) is 5.69 Å². The predicted molar refractivity (Wildman–Crippen MR) is 82.7 cm³/mol. The van der Waals surface area contributed by atoms with E-state index in [9.17, 15) is 18.4 Å². The molecule has 0 aliphatic carbocycles. The molecule has 0 aliphatic rings. The first-order valence-corrected chi connectivity index (χ1v) is 7.01. The Morgan fingerprint density at radius 3 is 2.30 bits per heavy atom. The van der Waals surface area contributed by atoms with E-state index in [4.69, 9.17) is 0 Å². The Kier molecular flexibility index (Phi) is 5.05. The van der Waals surface area contributed by atoms with Gasteiger partial charge in [0, 0.05) is 0 Å². The molecule has 4 nitrogen and oxygen atoms in total. The number of benzene rings is 2. The van der Waals surface area contributed by atoms with Crippen LogP contribution in [0, 0.1) is 18.6 Å². The minimum atomic E-state index is -1.21. The fourth-order valence-corrected chi connectivity index (χ4v) is 1.98. The monoisotopic (exact) mass is 318 g/mol. The molecule has 1 atom stereocenters. The fraction of sp³-hybridized carbons (Fsp3) is 0.176. The smallest absolute Gasteiger partial charge is 0.313 e. The number of aryl methyl sites for hydroxylation is 1. The standard InChI is InChI=1S/C17H16F2N2O2/c1-10-6-8-12(9-7-10)11(2)20-16(22)17(23)21-14-5-3-4-13(18)15(14)19/h3-9,11H,1-2H3,(H,20,22)(H,21,23). The van der Waals surface area contributed by atoms with Crippen LogP contribution in [-0.4, -0.2) is 11.8 Å². The van der Waals surface area contributed by atoms with Crippen LogP contribution in [0.5, 0.6) is 0 Å². The van der Waals surface area contributed by atoms with Gasteiger partial charge in [-0.1, -0.05) is 35.9 Å². The number of rotatable bonds is 3. The molecule has 0 aliphatic heterocycles. The number of amides is 2. The number of hydrogen-bond donors (Lipinski definition) is 2. The first kappa shape index (κ1) is 16.6. The number of carbonyl (C=O) groups excluding carboxylic acids is 2. The quantitative estimate of drug-likeness (QED) is 0.855. The maximum Gasteiger partial charge on any atom is 0.313 e. The number of carbonyl (C=O) groups is 2. The van der Waals surface area contributed by atoms with Gasteiger partial charge in [-0.15, -0.1) is 0 Å². The van der Waals surface area contributed by atoms with Crippen LogP contribution >= 0.6 is 0 Å². The number of anilines is 1. The SMILES string of the molecule is Cc1ccc(C(C)NC(=O)C(=O)Nc2cccc(F)c2F)cc1. The van der Waals surface area contributed by atoms with Crippen molar-refractivity contribution in [1.29, 1.82) is 0 Å². The van der Waals surface area contributed by atoms with Gasteiger partial charge in [-0.05, 0) is 31.5 Å². The molecule has 0 bridgehead atoms. The summed E-state index contributed by atoms with van der Waals surface area (Å²) in [6.07, 6.45) is 0. The summed E-state index contributed by atoms with van der Waals surface area (Å²) in [7, 11) is 0. The maximum absolute atomic E-state index is 13.5. The summed E-state index contributed by atoms with van der Waals surface area (Å²) >= 11 is 0. The summed E-state index contributed by atoms with van der Waals surface area (Å²) in [6.45, 7) is 3.66. The summed E-state index contributed by atoms with van der Waals surface area (Å²) in [4.78, 5) is 23.6. The Morgan fingerprint density at radius 2 is 1.65 bits per heavy atom. The minimum absolute atomic E-state index is 0.381. The highest BCUT2D eigenvalue weighted by molar-refractivity contribution is 6.39. The van der Waals surface area contributed by atoms with Crippen LogP contribution < -0.4 is 10.6 Å². The van der Waals surface area contributed by atoms with Gasteiger partial charge in [0.2, 0.25) is 0 Å². The Balaban J connectivity index is 2.01. The molecule has 2 rings (SSSR count). The zero-order valence-electron chi connectivity index (χ0n) is 12.7. The van der Waals surface area contributed by atoms with Crippen molar-refractivity contribution >= 4 is 17.5 Å². The van der Waals surface area contributed by atoms with Crippen LogP contribution in [0.2, 0.25) is 0 Å². The number of hydrogen-bond acceptors (Lipinski definition) is 2. The van der Waals surface area contributed by atoms with Gasteiger partial charge in [0.15, 0.2) is 11.6 Å². The molecule has 0 fully saturated rings. The van der Waals surface area contributed by atoms with Gasteiger partial charge in [0.05, 0.1) is 11.7 Å². The average Bonchev–Trinajstić information content (AvgIpc) is 2.52. The molecular formula is C17H16F2N2O2. The van der Waals surface area contributed by atoms with Crippen molar-refractivity contribution in [3.8, 4) is 0 Å². The van der Waals surface area contributed by atoms with Gasteiger partial charge in [-0.3, -0.25) is 9.59 Å². The van der Waals surface area contributed by atoms with E-state index in [0.717, 1.165) is 17.2 Å². The first-order chi connectivity index (χ1) is 10.9. The topological polar surface area (TPSA) is 58.2 Å². The highest BCUT2D eigenvalue weighted by Crippen LogP contribution is 2.17. The van der Waals surface area contributed by atoms with Crippen molar-refractivity contribution in [3.05, 3.63) is 65.2 Å². The summed E-state index contributed by atoms with van der Waals surface area (Å²) in [5.41, 5.74) is 1.52. The molecule has 0 radical (unpaired) electrons. The zero-order chi connectivity index (χ0) is 17.0. The molecule has 0 saturated heterocycles. The van der Waals surface area contributed by atoms with Crippen molar-refractivity contribution in [3.63, 3.8) is 0 Å². The fourth-order valence-electron chi connectivity index (χ4n) is 1.98. The van der Waals surface area contributed by atoms with Crippen LogP contribution in [0.25, 0.3) is 0 Å². The lowest BCUT2D eigenvalue weighted by atomic mass is 10.1. The van der Waals surface area contributed by atoms with Gasteiger partial charge in [-0.2, -0.15) is 0 Å². The molecule has 2 aromatic carbocycles. The lowest BCUT2D eigenvalue weighted by Crippen LogP contribution is -2.37. The molecule has 23 heavy (non-hydrogen) atoms. The molecule has 6 heteroatoms. The molecule has 2 aromatic rings. The largest absolute Gasteiger partial charge is 0.341 e. The highest BCUT2D eigenvalue weighted by Gasteiger charge is 2.19. The third-order valence-electron chi connectivity index (χ3n) is 3.33. The Bertz CT molecular complexity index is 730. The summed E-state index contributed by atoms with van der Waals surface area (Å²) < 4.78 is 26.5. The Morgan fingerprint density at radius 1 is 1.00 bits per heavy atom. The van der Waals surface area contributed by atoms with Crippen molar-refractivity contribution in [2.24, 2.45) is 0 Å². The summed E-state index contributed by atoms with van der Waals surface area (Å²) in [6, 6.07) is 10.4. The maximum atomic E-state index is 13.5. The second kappa shape index (κ2) is 7.00. The van der Waals surface area contributed by atoms with E-state index in [1.807, 2.05) is 31.2 Å². The lowest BCUT2D eigenvalue weighted by molar-refractivity contribution is -0.136. The molecule has 2 N–H and O–H groups in total. The predicted octanol–water partition coefficient (Wildman–Crippen LogP) is 3.09. The van der Waals surface area contributed by atoms with Crippen molar-refractivity contribution in [2.45, 2.75) is 19.9 Å². The van der Waals surface area contributed by atoms with Crippen LogP contribution in [0.4, 0.5) is 14.5 Å². The van der Waals surface area contributed by atoms with Gasteiger partial charge >= 0.3 is 11.8 Å².